The fourth-order valence-corrected chi connectivity index (χ4v) is 3.92. The Hall–Kier alpha value is -1.41. The molecule has 0 aromatic carbocycles. The van der Waals surface area contributed by atoms with E-state index >= 15 is 0 Å². The van der Waals surface area contributed by atoms with Crippen LogP contribution in [0.4, 0.5) is 0 Å². The Morgan fingerprint density at radius 1 is 1.55 bits per heavy atom. The molecule has 2 atom stereocenters. The molecule has 2 rings (SSSR count). The maximum absolute atomic E-state index is 12.2. The van der Waals surface area contributed by atoms with Gasteiger partial charge in [0.1, 0.15) is 0 Å². The third kappa shape index (κ3) is 2.71. The molecule has 2 unspecified atom stereocenters. The van der Waals surface area contributed by atoms with E-state index < -0.39 is 27.4 Å². The summed E-state index contributed by atoms with van der Waals surface area (Å²) in [5, 5.41) is 9.30. The molecule has 1 fully saturated rings. The molecular formula is C12H19N3O4S. The predicted molar refractivity (Wildman–Crippen MR) is 71.5 cm³/mol. The normalized spacial score (nSPS) is 27.4. The Balaban J connectivity index is 2.25. The minimum Gasteiger partial charge on any atom is -0.481 e. The molecule has 112 valence electrons. The zero-order valence-corrected chi connectivity index (χ0v) is 12.4. The van der Waals surface area contributed by atoms with Crippen LogP contribution in [0.25, 0.3) is 0 Å². The Kier molecular flexibility index (Phi) is 3.88. The number of hydrogen-bond donors (Lipinski definition) is 2. The number of hydrogen-bond acceptors (Lipinski definition) is 4. The first-order valence-corrected chi connectivity index (χ1v) is 7.98. The van der Waals surface area contributed by atoms with Crippen LogP contribution >= 0.6 is 0 Å². The molecule has 20 heavy (non-hydrogen) atoms. The van der Waals surface area contributed by atoms with Gasteiger partial charge in [-0.3, -0.25) is 4.79 Å². The Morgan fingerprint density at radius 3 is 2.80 bits per heavy atom. The molecule has 1 aromatic heterocycles. The van der Waals surface area contributed by atoms with Gasteiger partial charge < -0.3 is 9.67 Å². The third-order valence-corrected chi connectivity index (χ3v) is 5.31. The summed E-state index contributed by atoms with van der Waals surface area (Å²) in [6.07, 6.45) is 5.39. The van der Waals surface area contributed by atoms with Crippen LogP contribution in [0.2, 0.25) is 0 Å². The van der Waals surface area contributed by atoms with Gasteiger partial charge in [-0.2, -0.15) is 0 Å². The smallest absolute Gasteiger partial charge is 0.310 e. The fraction of sp³-hybridized carbons (Fsp3) is 0.667. The first-order chi connectivity index (χ1) is 9.25. The van der Waals surface area contributed by atoms with Crippen LogP contribution in [0.5, 0.6) is 0 Å². The largest absolute Gasteiger partial charge is 0.481 e. The van der Waals surface area contributed by atoms with Crippen LogP contribution in [-0.2, 0) is 21.9 Å². The van der Waals surface area contributed by atoms with Crippen molar-refractivity contribution in [1.29, 1.82) is 0 Å². The monoisotopic (exact) mass is 301 g/mol. The van der Waals surface area contributed by atoms with Crippen molar-refractivity contribution in [2.24, 2.45) is 12.5 Å². The minimum absolute atomic E-state index is 0.0849. The van der Waals surface area contributed by atoms with Gasteiger partial charge in [0.25, 0.3) is 10.0 Å². The average Bonchev–Trinajstić information content (AvgIpc) is 2.79. The molecule has 0 spiro atoms. The van der Waals surface area contributed by atoms with Crippen molar-refractivity contribution in [3.63, 3.8) is 0 Å². The number of carboxylic acids is 1. The summed E-state index contributed by atoms with van der Waals surface area (Å²) in [4.78, 5) is 15.3. The molecule has 0 bridgehead atoms. The Bertz CT molecular complexity index is 610. The second-order valence-corrected chi connectivity index (χ2v) is 7.18. The van der Waals surface area contributed by atoms with Crippen LogP contribution in [0.3, 0.4) is 0 Å². The van der Waals surface area contributed by atoms with Crippen LogP contribution in [0, 0.1) is 5.41 Å². The third-order valence-electron chi connectivity index (χ3n) is 3.95. The number of aromatic nitrogens is 2. The highest BCUT2D eigenvalue weighted by molar-refractivity contribution is 7.89. The lowest BCUT2D eigenvalue weighted by molar-refractivity contribution is -0.151. The number of carboxylic acid groups (broad SMARTS) is 1. The van der Waals surface area contributed by atoms with Gasteiger partial charge in [0.05, 0.1) is 11.7 Å². The van der Waals surface area contributed by atoms with Gasteiger partial charge in [-0.05, 0) is 19.8 Å². The minimum atomic E-state index is -3.79. The molecule has 8 heteroatoms. The van der Waals surface area contributed by atoms with Gasteiger partial charge in [-0.15, -0.1) is 0 Å². The maximum Gasteiger partial charge on any atom is 0.310 e. The number of rotatable bonds is 4. The molecule has 1 aliphatic rings. The average molecular weight is 301 g/mol. The van der Waals surface area contributed by atoms with Crippen molar-refractivity contribution in [1.82, 2.24) is 14.3 Å². The van der Waals surface area contributed by atoms with Gasteiger partial charge in [0.2, 0.25) is 0 Å². The van der Waals surface area contributed by atoms with Crippen LogP contribution < -0.4 is 4.72 Å². The standard InChI is InChI=1S/C12H19N3O4S/c1-12(11(16)17)6-4-3-5-9(12)14-20(18,19)10-7-15(2)8-13-10/h7-9,14H,3-6H2,1-2H3,(H,16,17). The lowest BCUT2D eigenvalue weighted by Gasteiger charge is -2.37. The number of nitrogens with one attached hydrogen (secondary N) is 1. The van der Waals surface area contributed by atoms with Crippen LogP contribution in [-0.4, -0.2) is 35.1 Å². The lowest BCUT2D eigenvalue weighted by Crippen LogP contribution is -2.52. The summed E-state index contributed by atoms with van der Waals surface area (Å²) in [5.74, 6) is -0.967. The number of aliphatic carboxylic acids is 1. The van der Waals surface area contributed by atoms with Crippen molar-refractivity contribution in [3.05, 3.63) is 12.5 Å². The first kappa shape index (κ1) is 15.0. The highest BCUT2D eigenvalue weighted by atomic mass is 32.2. The molecular weight excluding hydrogens is 282 g/mol. The van der Waals surface area contributed by atoms with Gasteiger partial charge in [0, 0.05) is 19.3 Å². The van der Waals surface area contributed by atoms with E-state index in [4.69, 9.17) is 0 Å². The molecule has 1 heterocycles. The maximum atomic E-state index is 12.2. The highest BCUT2D eigenvalue weighted by Gasteiger charge is 2.45. The van der Waals surface area contributed by atoms with E-state index in [0.717, 1.165) is 12.8 Å². The summed E-state index contributed by atoms with van der Waals surface area (Å²) in [6.45, 7) is 1.60. The van der Waals surface area contributed by atoms with E-state index in [-0.39, 0.29) is 5.03 Å². The quantitative estimate of drug-likeness (QED) is 0.853. The molecule has 1 aliphatic carbocycles. The molecule has 0 saturated heterocycles. The predicted octanol–water partition coefficient (Wildman–Crippen LogP) is 0.732. The second-order valence-electron chi connectivity index (χ2n) is 5.52. The summed E-state index contributed by atoms with van der Waals surface area (Å²) < 4.78 is 28.5. The molecule has 0 radical (unpaired) electrons. The van der Waals surface area contributed by atoms with Gasteiger partial charge in [-0.25, -0.2) is 18.1 Å². The number of nitrogens with zero attached hydrogens (tertiary/aromatic N) is 2. The van der Waals surface area contributed by atoms with Crippen LogP contribution in [0.1, 0.15) is 32.6 Å². The Labute approximate surface area is 118 Å². The molecule has 7 nitrogen and oxygen atoms in total. The topological polar surface area (TPSA) is 101 Å². The molecule has 1 aromatic rings. The molecule has 2 N–H and O–H groups in total. The Morgan fingerprint density at radius 2 is 2.25 bits per heavy atom. The molecule has 0 amide bonds. The number of sulfonamides is 1. The van der Waals surface area contributed by atoms with Crippen molar-refractivity contribution >= 4 is 16.0 Å². The van der Waals surface area contributed by atoms with Crippen molar-refractivity contribution < 1.29 is 18.3 Å². The molecule has 0 aliphatic heterocycles. The van der Waals surface area contributed by atoms with E-state index in [2.05, 4.69) is 9.71 Å². The summed E-state index contributed by atoms with van der Waals surface area (Å²) >= 11 is 0. The van der Waals surface area contributed by atoms with Crippen LogP contribution in [0.15, 0.2) is 17.6 Å². The number of aryl methyl sites for hydroxylation is 1. The van der Waals surface area contributed by atoms with E-state index in [1.54, 1.807) is 14.0 Å². The molecule has 1 saturated carbocycles. The van der Waals surface area contributed by atoms with Crippen molar-refractivity contribution in [2.75, 3.05) is 0 Å². The van der Waals surface area contributed by atoms with E-state index in [0.29, 0.717) is 12.8 Å². The number of carbonyl (C=O) groups is 1. The second kappa shape index (κ2) is 5.17. The van der Waals surface area contributed by atoms with Gasteiger partial charge in [0.15, 0.2) is 5.03 Å². The van der Waals surface area contributed by atoms with Crippen molar-refractivity contribution in [3.8, 4) is 0 Å². The van der Waals surface area contributed by atoms with E-state index in [1.165, 1.54) is 17.1 Å². The summed E-state index contributed by atoms with van der Waals surface area (Å²) in [7, 11) is -2.11. The van der Waals surface area contributed by atoms with Gasteiger partial charge in [-0.1, -0.05) is 12.8 Å². The summed E-state index contributed by atoms with van der Waals surface area (Å²) in [5.41, 5.74) is -1.07. The van der Waals surface area contributed by atoms with E-state index in [9.17, 15) is 18.3 Å². The first-order valence-electron chi connectivity index (χ1n) is 6.49. The highest BCUT2D eigenvalue weighted by Crippen LogP contribution is 2.37. The number of imidazole rings is 1. The SMILES string of the molecule is Cn1cnc(S(=O)(=O)NC2CCCCC2(C)C(=O)O)c1. The van der Waals surface area contributed by atoms with Crippen molar-refractivity contribution in [2.45, 2.75) is 43.7 Å². The van der Waals surface area contributed by atoms with E-state index in [1.807, 2.05) is 0 Å². The summed E-state index contributed by atoms with van der Waals surface area (Å²) in [6, 6.07) is -0.610. The lowest BCUT2D eigenvalue weighted by atomic mass is 9.72. The zero-order valence-electron chi connectivity index (χ0n) is 11.5. The fourth-order valence-electron chi connectivity index (χ4n) is 2.55. The van der Waals surface area contributed by atoms with Gasteiger partial charge >= 0.3 is 5.97 Å². The zero-order chi connectivity index (χ0) is 15.0.